The number of hydrogen-bond donors (Lipinski definition) is 0. The minimum atomic E-state index is -0.810. The van der Waals surface area contributed by atoms with Gasteiger partial charge in [-0.05, 0) is 58.0 Å². The van der Waals surface area contributed by atoms with E-state index in [0.29, 0.717) is 43.4 Å². The molecule has 2 aromatic carbocycles. The number of para-hydroxylation sites is 1. The lowest BCUT2D eigenvalue weighted by Gasteiger charge is -2.26. The van der Waals surface area contributed by atoms with E-state index < -0.39 is 18.0 Å². The first kappa shape index (κ1) is 30.1. The van der Waals surface area contributed by atoms with E-state index in [-0.39, 0.29) is 34.4 Å². The van der Waals surface area contributed by atoms with E-state index in [4.69, 9.17) is 30.2 Å². The number of rotatable bonds is 8. The average molecular weight is 621 g/mol. The Kier molecular flexibility index (Phi) is 8.70. The van der Waals surface area contributed by atoms with Crippen molar-refractivity contribution in [2.24, 2.45) is 4.99 Å². The minimum Gasteiger partial charge on any atom is -0.491 e. The molecular weight excluding hydrogens is 592 g/mol. The van der Waals surface area contributed by atoms with Crippen molar-refractivity contribution in [2.75, 3.05) is 13.7 Å². The number of aromatic nitrogens is 1. The Balaban J connectivity index is 1.61. The third kappa shape index (κ3) is 5.93. The highest BCUT2D eigenvalue weighted by atomic mass is 35.5. The molecule has 0 N–H and O–H groups in total. The lowest BCUT2D eigenvalue weighted by molar-refractivity contribution is -0.139. The lowest BCUT2D eigenvalue weighted by Crippen LogP contribution is -2.40. The van der Waals surface area contributed by atoms with Crippen LogP contribution >= 0.6 is 22.9 Å². The first-order chi connectivity index (χ1) is 20.6. The third-order valence-electron chi connectivity index (χ3n) is 6.65. The second-order valence-corrected chi connectivity index (χ2v) is 11.3. The number of benzene rings is 2. The van der Waals surface area contributed by atoms with E-state index in [9.17, 15) is 14.4 Å². The molecule has 11 heteroatoms. The summed E-state index contributed by atoms with van der Waals surface area (Å²) in [4.78, 5) is 44.2. The molecule has 5 rings (SSSR count). The van der Waals surface area contributed by atoms with Crippen molar-refractivity contribution < 1.29 is 28.2 Å². The van der Waals surface area contributed by atoms with Crippen LogP contribution in [0.1, 0.15) is 55.4 Å². The number of methoxy groups -OCH3 is 1. The highest BCUT2D eigenvalue weighted by molar-refractivity contribution is 7.07. The van der Waals surface area contributed by atoms with Crippen LogP contribution in [-0.2, 0) is 14.3 Å². The summed E-state index contributed by atoms with van der Waals surface area (Å²) in [6.45, 7) is 7.46. The maximum Gasteiger partial charge on any atom is 0.339 e. The maximum atomic E-state index is 14.0. The Bertz CT molecular complexity index is 1930. The Morgan fingerprint density at radius 1 is 1.14 bits per heavy atom. The molecule has 2 aromatic heterocycles. The number of carbonyl (C=O) groups is 2. The zero-order valence-electron chi connectivity index (χ0n) is 24.2. The van der Waals surface area contributed by atoms with Crippen molar-refractivity contribution in [1.29, 1.82) is 0 Å². The molecule has 0 bridgehead atoms. The molecule has 1 atom stereocenters. The molecule has 0 aliphatic carbocycles. The average Bonchev–Trinajstić information content (AvgIpc) is 3.56. The third-order valence-corrected chi connectivity index (χ3v) is 7.95. The molecule has 3 heterocycles. The number of thiazole rings is 1. The highest BCUT2D eigenvalue weighted by Crippen LogP contribution is 2.36. The lowest BCUT2D eigenvalue weighted by atomic mass is 9.95. The summed E-state index contributed by atoms with van der Waals surface area (Å²) in [5.41, 5.74) is 1.93. The van der Waals surface area contributed by atoms with Crippen LogP contribution in [0.2, 0.25) is 5.02 Å². The van der Waals surface area contributed by atoms with E-state index in [2.05, 4.69) is 4.99 Å². The van der Waals surface area contributed by atoms with Crippen molar-refractivity contribution in [3.05, 3.63) is 107 Å². The van der Waals surface area contributed by atoms with Gasteiger partial charge in [-0.2, -0.15) is 0 Å². The molecule has 0 saturated carbocycles. The number of hydrogen-bond acceptors (Lipinski definition) is 9. The van der Waals surface area contributed by atoms with Gasteiger partial charge in [-0.15, -0.1) is 0 Å². The molecule has 0 radical (unpaired) electrons. The van der Waals surface area contributed by atoms with Gasteiger partial charge in [0.25, 0.3) is 5.56 Å². The van der Waals surface area contributed by atoms with Crippen LogP contribution in [0.3, 0.4) is 0 Å². The van der Waals surface area contributed by atoms with Gasteiger partial charge in [-0.3, -0.25) is 9.36 Å². The largest absolute Gasteiger partial charge is 0.491 e. The summed E-state index contributed by atoms with van der Waals surface area (Å²) in [5, 5.41) is 0.227. The molecule has 0 saturated heterocycles. The van der Waals surface area contributed by atoms with Crippen molar-refractivity contribution in [1.82, 2.24) is 4.57 Å². The van der Waals surface area contributed by atoms with E-state index >= 15 is 0 Å². The summed E-state index contributed by atoms with van der Waals surface area (Å²) in [5.74, 6) is 0.395. The quantitative estimate of drug-likeness (QED) is 0.246. The standard InChI is InChI=1S/C32H29ClN2O7S/c1-6-40-31(38)27-18(4)34-32-35(28(27)22-9-7-8-10-25(22)41-17(2)3)29(36)26(43-32)16-20-12-14-24(42-20)19-11-13-21(23(33)15-19)30(37)39-5/h7-17,28H,6H2,1-5H3/b26-16+/t28-/m0/s1. The fourth-order valence-corrected chi connectivity index (χ4v) is 6.10. The summed E-state index contributed by atoms with van der Waals surface area (Å²) < 4.78 is 24.1. The Labute approximate surface area is 256 Å². The molecule has 0 fully saturated rings. The van der Waals surface area contributed by atoms with E-state index in [1.165, 1.54) is 23.0 Å². The predicted octanol–water partition coefficient (Wildman–Crippen LogP) is 5.29. The topological polar surface area (TPSA) is 109 Å². The first-order valence-corrected chi connectivity index (χ1v) is 14.8. The van der Waals surface area contributed by atoms with E-state index in [1.54, 1.807) is 50.3 Å². The van der Waals surface area contributed by atoms with E-state index in [1.807, 2.05) is 38.1 Å². The number of furan rings is 1. The summed E-state index contributed by atoms with van der Waals surface area (Å²) in [6, 6.07) is 14.9. The van der Waals surface area contributed by atoms with Gasteiger partial charge in [0.15, 0.2) is 4.80 Å². The number of ether oxygens (including phenoxy) is 3. The van der Waals surface area contributed by atoms with Gasteiger partial charge in [-0.1, -0.05) is 47.2 Å². The van der Waals surface area contributed by atoms with Gasteiger partial charge in [0.1, 0.15) is 23.3 Å². The second kappa shape index (κ2) is 12.4. The molecule has 1 aliphatic heterocycles. The van der Waals surface area contributed by atoms with Crippen LogP contribution in [0.15, 0.2) is 80.1 Å². The predicted molar refractivity (Wildman–Crippen MR) is 163 cm³/mol. The first-order valence-electron chi connectivity index (χ1n) is 13.6. The number of esters is 2. The second-order valence-electron chi connectivity index (χ2n) is 9.89. The Morgan fingerprint density at radius 3 is 2.60 bits per heavy atom. The van der Waals surface area contributed by atoms with Crippen LogP contribution < -0.4 is 19.6 Å². The van der Waals surface area contributed by atoms with Crippen LogP contribution in [-0.4, -0.2) is 36.3 Å². The van der Waals surface area contributed by atoms with Crippen LogP contribution in [0.5, 0.6) is 5.75 Å². The zero-order valence-corrected chi connectivity index (χ0v) is 25.7. The zero-order chi connectivity index (χ0) is 30.8. The smallest absolute Gasteiger partial charge is 0.339 e. The molecule has 43 heavy (non-hydrogen) atoms. The minimum absolute atomic E-state index is 0.132. The van der Waals surface area contributed by atoms with Gasteiger partial charge < -0.3 is 18.6 Å². The number of halogens is 1. The van der Waals surface area contributed by atoms with Gasteiger partial charge in [0, 0.05) is 17.2 Å². The van der Waals surface area contributed by atoms with E-state index in [0.717, 1.165) is 0 Å². The van der Waals surface area contributed by atoms with Gasteiger partial charge in [-0.25, -0.2) is 14.6 Å². The summed E-state index contributed by atoms with van der Waals surface area (Å²) >= 11 is 7.48. The normalized spacial score (nSPS) is 14.9. The Morgan fingerprint density at radius 2 is 1.91 bits per heavy atom. The highest BCUT2D eigenvalue weighted by Gasteiger charge is 2.35. The van der Waals surface area contributed by atoms with Gasteiger partial charge in [0.2, 0.25) is 0 Å². The molecule has 4 aromatic rings. The fraction of sp³-hybridized carbons (Fsp3) is 0.250. The maximum absolute atomic E-state index is 14.0. The van der Waals surface area contributed by atoms with Crippen LogP contribution in [0.25, 0.3) is 17.4 Å². The molecule has 0 unspecified atom stereocenters. The van der Waals surface area contributed by atoms with Crippen molar-refractivity contribution in [2.45, 2.75) is 39.8 Å². The molecular formula is C32H29ClN2O7S. The molecule has 9 nitrogen and oxygen atoms in total. The SMILES string of the molecule is CCOC(=O)C1=C(C)N=c2s/c(=C/c3ccc(-c4ccc(C(=O)OC)c(Cl)c4)o3)c(=O)n2[C@H]1c1ccccc1OC(C)C. The summed E-state index contributed by atoms with van der Waals surface area (Å²) in [7, 11) is 1.29. The fourth-order valence-electron chi connectivity index (χ4n) is 4.81. The van der Waals surface area contributed by atoms with Crippen molar-refractivity contribution >= 4 is 41.0 Å². The number of carbonyl (C=O) groups excluding carboxylic acids is 2. The summed E-state index contributed by atoms with van der Waals surface area (Å²) in [6.07, 6.45) is 1.50. The van der Waals surface area contributed by atoms with Crippen LogP contribution in [0, 0.1) is 0 Å². The monoisotopic (exact) mass is 620 g/mol. The van der Waals surface area contributed by atoms with Crippen molar-refractivity contribution in [3.8, 4) is 17.1 Å². The number of fused-ring (bicyclic) bond motifs is 1. The molecule has 222 valence electrons. The number of allylic oxidation sites excluding steroid dienone is 1. The van der Waals surface area contributed by atoms with Gasteiger partial charge in [0.05, 0.1) is 46.2 Å². The van der Waals surface area contributed by atoms with Gasteiger partial charge >= 0.3 is 11.9 Å². The number of nitrogens with zero attached hydrogens (tertiary/aromatic N) is 2. The molecule has 0 spiro atoms. The molecule has 0 amide bonds. The van der Waals surface area contributed by atoms with Crippen molar-refractivity contribution in [3.63, 3.8) is 0 Å². The van der Waals surface area contributed by atoms with Crippen LogP contribution in [0.4, 0.5) is 0 Å². The Hall–Kier alpha value is -4.41. The molecule has 1 aliphatic rings.